The zero-order chi connectivity index (χ0) is 16.8. The fourth-order valence-electron chi connectivity index (χ4n) is 2.43. The third-order valence-corrected chi connectivity index (χ3v) is 4.80. The van der Waals surface area contributed by atoms with Crippen molar-refractivity contribution >= 4 is 11.3 Å². The van der Waals surface area contributed by atoms with Crippen molar-refractivity contribution in [3.05, 3.63) is 65.6 Å². The summed E-state index contributed by atoms with van der Waals surface area (Å²) in [4.78, 5) is 6.24. The van der Waals surface area contributed by atoms with E-state index in [0.29, 0.717) is 0 Å². The van der Waals surface area contributed by atoms with Crippen LogP contribution in [0.5, 0.6) is 0 Å². The highest BCUT2D eigenvalue weighted by atomic mass is 32.1. The lowest BCUT2D eigenvalue weighted by Crippen LogP contribution is -1.80. The van der Waals surface area contributed by atoms with Gasteiger partial charge in [0.2, 0.25) is 0 Å². The zero-order valence-electron chi connectivity index (χ0n) is 13.6. The summed E-state index contributed by atoms with van der Waals surface area (Å²) >= 11 is 1.65. The molecule has 0 saturated heterocycles. The van der Waals surface area contributed by atoms with Crippen LogP contribution in [0.25, 0.3) is 21.6 Å². The second-order valence-corrected chi connectivity index (χ2v) is 6.55. The Morgan fingerprint density at radius 3 is 2.50 bits per heavy atom. The molecule has 0 N–H and O–H groups in total. The van der Waals surface area contributed by atoms with Crippen molar-refractivity contribution in [2.75, 3.05) is 0 Å². The molecule has 3 aromatic rings. The van der Waals surface area contributed by atoms with E-state index in [1.54, 1.807) is 23.7 Å². The minimum absolute atomic E-state index is 0.222. The summed E-state index contributed by atoms with van der Waals surface area (Å²) in [5.41, 5.74) is 3.23. The Labute approximate surface area is 146 Å². The van der Waals surface area contributed by atoms with Gasteiger partial charge in [-0.1, -0.05) is 37.3 Å². The van der Waals surface area contributed by atoms with Crippen molar-refractivity contribution in [3.8, 4) is 33.4 Å². The number of unbranched alkanes of at least 4 members (excludes halogenated alkanes) is 2. The van der Waals surface area contributed by atoms with E-state index >= 15 is 0 Å². The minimum Gasteiger partial charge on any atom is -0.265 e. The van der Waals surface area contributed by atoms with Gasteiger partial charge in [-0.15, -0.1) is 11.3 Å². The maximum Gasteiger partial charge on any atom is 0.123 e. The van der Waals surface area contributed by atoms with E-state index in [1.165, 1.54) is 12.1 Å². The van der Waals surface area contributed by atoms with Crippen molar-refractivity contribution in [1.29, 1.82) is 0 Å². The first-order chi connectivity index (χ1) is 11.8. The number of benzene rings is 1. The lowest BCUT2D eigenvalue weighted by Gasteiger charge is -2.03. The quantitative estimate of drug-likeness (QED) is 0.411. The van der Waals surface area contributed by atoms with E-state index in [4.69, 9.17) is 0 Å². The van der Waals surface area contributed by atoms with Crippen molar-refractivity contribution in [3.63, 3.8) is 0 Å². The van der Waals surface area contributed by atoms with Crippen LogP contribution in [0.3, 0.4) is 0 Å². The molecule has 0 unspecified atom stereocenters. The van der Waals surface area contributed by atoms with Gasteiger partial charge >= 0.3 is 0 Å². The number of pyridine rings is 1. The third-order valence-electron chi connectivity index (χ3n) is 3.70. The van der Waals surface area contributed by atoms with E-state index in [0.717, 1.165) is 45.7 Å². The van der Waals surface area contributed by atoms with Crippen LogP contribution in [0.15, 0.2) is 54.9 Å². The monoisotopic (exact) mass is 335 g/mol. The number of nitrogens with zero attached hydrogens (tertiary/aromatic N) is 1. The molecule has 120 valence electrons. The molecule has 0 atom stereocenters. The molecule has 0 radical (unpaired) electrons. The van der Waals surface area contributed by atoms with Crippen molar-refractivity contribution in [2.24, 2.45) is 0 Å². The number of hydrogen-bond acceptors (Lipinski definition) is 2. The number of thiophene rings is 1. The molecule has 0 saturated carbocycles. The molecule has 0 aliphatic heterocycles. The normalized spacial score (nSPS) is 10.2. The Hall–Kier alpha value is -2.44. The molecule has 1 nitrogen and oxygen atoms in total. The minimum atomic E-state index is -0.222. The first-order valence-corrected chi connectivity index (χ1v) is 8.88. The van der Waals surface area contributed by atoms with Crippen LogP contribution in [0, 0.1) is 17.7 Å². The van der Waals surface area contributed by atoms with Crippen LogP contribution in [0.2, 0.25) is 0 Å². The van der Waals surface area contributed by atoms with Gasteiger partial charge in [0.1, 0.15) is 5.82 Å². The Kier molecular flexibility index (Phi) is 5.40. The van der Waals surface area contributed by atoms with Crippen LogP contribution in [-0.2, 0) is 0 Å². The molecule has 2 heterocycles. The first kappa shape index (κ1) is 16.4. The molecule has 3 heteroatoms. The molecule has 0 fully saturated rings. The molecule has 0 aliphatic rings. The molecule has 0 bridgehead atoms. The second-order valence-electron chi connectivity index (χ2n) is 5.50. The fraction of sp³-hybridized carbons (Fsp3) is 0.190. The maximum absolute atomic E-state index is 13.2. The van der Waals surface area contributed by atoms with E-state index < -0.39 is 0 Å². The lowest BCUT2D eigenvalue weighted by atomic mass is 10.0. The van der Waals surface area contributed by atoms with Gasteiger partial charge < -0.3 is 0 Å². The Bertz CT molecular complexity index is 854. The highest BCUT2D eigenvalue weighted by Crippen LogP contribution is 2.39. The van der Waals surface area contributed by atoms with Gasteiger partial charge in [-0.25, -0.2) is 4.39 Å². The number of hydrogen-bond donors (Lipinski definition) is 0. The maximum atomic E-state index is 13.2. The highest BCUT2D eigenvalue weighted by Gasteiger charge is 2.12. The molecule has 0 amide bonds. The number of rotatable bonds is 4. The first-order valence-electron chi connectivity index (χ1n) is 8.07. The van der Waals surface area contributed by atoms with Gasteiger partial charge in [-0.3, -0.25) is 4.98 Å². The van der Waals surface area contributed by atoms with Gasteiger partial charge in [0.25, 0.3) is 0 Å². The molecule has 3 rings (SSSR count). The van der Waals surface area contributed by atoms with Crippen molar-refractivity contribution in [1.82, 2.24) is 4.98 Å². The summed E-state index contributed by atoms with van der Waals surface area (Å²) in [6.07, 6.45) is 6.77. The van der Waals surface area contributed by atoms with Crippen molar-refractivity contribution < 1.29 is 4.39 Å². The van der Waals surface area contributed by atoms with Gasteiger partial charge in [0.15, 0.2) is 0 Å². The van der Waals surface area contributed by atoms with Crippen LogP contribution in [0.1, 0.15) is 31.1 Å². The topological polar surface area (TPSA) is 12.9 Å². The average molecular weight is 335 g/mol. The SMILES string of the molecule is CCCCC#Cc1cc(-c2ccncc2)c(-c2ccc(F)cc2)s1. The third kappa shape index (κ3) is 3.90. The highest BCUT2D eigenvalue weighted by molar-refractivity contribution is 7.16. The van der Waals surface area contributed by atoms with Gasteiger partial charge in [-0.2, -0.15) is 0 Å². The van der Waals surface area contributed by atoms with Gasteiger partial charge in [-0.05, 0) is 47.9 Å². The summed E-state index contributed by atoms with van der Waals surface area (Å²) in [6.45, 7) is 2.17. The van der Waals surface area contributed by atoms with Crippen molar-refractivity contribution in [2.45, 2.75) is 26.2 Å². The molecular formula is C21H18FNS. The van der Waals surface area contributed by atoms with Crippen LogP contribution < -0.4 is 0 Å². The summed E-state index contributed by atoms with van der Waals surface area (Å²) < 4.78 is 13.2. The Morgan fingerprint density at radius 1 is 1.04 bits per heavy atom. The lowest BCUT2D eigenvalue weighted by molar-refractivity contribution is 0.628. The smallest absolute Gasteiger partial charge is 0.123 e. The standard InChI is InChI=1S/C21H18FNS/c1-2-3-4-5-6-19-15-20(16-11-13-23-14-12-16)21(24-19)17-7-9-18(22)10-8-17/h7-15H,2-4H2,1H3. The van der Waals surface area contributed by atoms with Gasteiger partial charge in [0, 0.05) is 29.3 Å². The molecule has 0 spiro atoms. The zero-order valence-corrected chi connectivity index (χ0v) is 14.4. The Balaban J connectivity index is 2.03. The van der Waals surface area contributed by atoms with E-state index in [9.17, 15) is 4.39 Å². The van der Waals surface area contributed by atoms with Crippen LogP contribution in [-0.4, -0.2) is 4.98 Å². The average Bonchev–Trinajstić information content (AvgIpc) is 3.04. The summed E-state index contributed by atoms with van der Waals surface area (Å²) in [6, 6.07) is 12.7. The van der Waals surface area contributed by atoms with Gasteiger partial charge in [0.05, 0.1) is 4.88 Å². The summed E-state index contributed by atoms with van der Waals surface area (Å²) in [5, 5.41) is 0. The molecule has 0 aliphatic carbocycles. The summed E-state index contributed by atoms with van der Waals surface area (Å²) in [5.74, 6) is 6.29. The van der Waals surface area contributed by atoms with E-state index in [1.807, 2.05) is 24.3 Å². The number of aromatic nitrogens is 1. The summed E-state index contributed by atoms with van der Waals surface area (Å²) in [7, 11) is 0. The molecule has 24 heavy (non-hydrogen) atoms. The fourth-order valence-corrected chi connectivity index (χ4v) is 3.49. The molecule has 1 aromatic carbocycles. The Morgan fingerprint density at radius 2 is 1.79 bits per heavy atom. The van der Waals surface area contributed by atoms with E-state index in [-0.39, 0.29) is 5.82 Å². The number of halogens is 1. The van der Waals surface area contributed by atoms with E-state index in [2.05, 4.69) is 29.8 Å². The predicted octanol–water partition coefficient (Wildman–Crippen LogP) is 6.16. The van der Waals surface area contributed by atoms with Crippen LogP contribution in [0.4, 0.5) is 4.39 Å². The second kappa shape index (κ2) is 7.90. The molecular weight excluding hydrogens is 317 g/mol. The van der Waals surface area contributed by atoms with Crippen LogP contribution >= 0.6 is 11.3 Å². The predicted molar refractivity (Wildman–Crippen MR) is 99.3 cm³/mol. The molecule has 2 aromatic heterocycles. The largest absolute Gasteiger partial charge is 0.265 e.